The maximum Gasteiger partial charge on any atom is 0.329 e. The molecular formula is C12H16FNO3. The van der Waals surface area contributed by atoms with Gasteiger partial charge in [-0.2, -0.15) is 0 Å². The number of hydrogen-bond donors (Lipinski definition) is 1. The highest BCUT2D eigenvalue weighted by Gasteiger charge is 2.30. The van der Waals surface area contributed by atoms with Gasteiger partial charge in [0.2, 0.25) is 0 Å². The maximum absolute atomic E-state index is 13.2. The van der Waals surface area contributed by atoms with Gasteiger partial charge >= 0.3 is 5.97 Å². The largest absolute Gasteiger partial charge is 0.491 e. The van der Waals surface area contributed by atoms with E-state index in [9.17, 15) is 9.18 Å². The molecule has 1 unspecified atom stereocenters. The van der Waals surface area contributed by atoms with Gasteiger partial charge in [-0.05, 0) is 25.5 Å². The molecule has 0 aliphatic rings. The average molecular weight is 241 g/mol. The number of ether oxygens (including phenoxy) is 2. The Balaban J connectivity index is 2.67. The minimum atomic E-state index is -1.25. The van der Waals surface area contributed by atoms with Crippen LogP contribution < -0.4 is 10.5 Å². The summed E-state index contributed by atoms with van der Waals surface area (Å²) in [7, 11) is 1.25. The first kappa shape index (κ1) is 13.4. The van der Waals surface area contributed by atoms with E-state index in [0.29, 0.717) is 11.3 Å². The number of benzene rings is 1. The molecule has 0 bridgehead atoms. The number of hydrogen-bond acceptors (Lipinski definition) is 4. The highest BCUT2D eigenvalue weighted by Crippen LogP contribution is 2.17. The van der Waals surface area contributed by atoms with Gasteiger partial charge in [0.15, 0.2) is 0 Å². The molecule has 0 fully saturated rings. The van der Waals surface area contributed by atoms with Gasteiger partial charge in [-0.3, -0.25) is 0 Å². The van der Waals surface area contributed by atoms with Gasteiger partial charge in [-0.25, -0.2) is 9.18 Å². The fourth-order valence-corrected chi connectivity index (χ4v) is 1.19. The van der Waals surface area contributed by atoms with E-state index in [1.165, 1.54) is 20.1 Å². The van der Waals surface area contributed by atoms with Crippen LogP contribution in [0.1, 0.15) is 12.5 Å². The highest BCUT2D eigenvalue weighted by molar-refractivity contribution is 5.80. The molecule has 0 aliphatic carbocycles. The van der Waals surface area contributed by atoms with E-state index >= 15 is 0 Å². The molecule has 94 valence electrons. The molecule has 0 aliphatic heterocycles. The van der Waals surface area contributed by atoms with Gasteiger partial charge in [0.25, 0.3) is 0 Å². The summed E-state index contributed by atoms with van der Waals surface area (Å²) in [4.78, 5) is 11.3. The molecule has 1 aromatic carbocycles. The quantitative estimate of drug-likeness (QED) is 0.809. The number of aryl methyl sites for hydroxylation is 1. The SMILES string of the molecule is COC(=O)C(C)(N)COc1ccc(C)c(F)c1. The number of rotatable bonds is 4. The molecule has 0 amide bonds. The van der Waals surface area contributed by atoms with Crippen LogP contribution in [0.25, 0.3) is 0 Å². The summed E-state index contributed by atoms with van der Waals surface area (Å²) >= 11 is 0. The Morgan fingerprint density at radius 2 is 2.18 bits per heavy atom. The standard InChI is InChI=1S/C12H16FNO3/c1-8-4-5-9(6-10(8)13)17-7-12(2,14)11(15)16-3/h4-6H,7,14H2,1-3H3. The van der Waals surface area contributed by atoms with Crippen molar-refractivity contribution in [2.24, 2.45) is 5.73 Å². The molecule has 0 saturated carbocycles. The van der Waals surface area contributed by atoms with E-state index in [2.05, 4.69) is 4.74 Å². The fourth-order valence-electron chi connectivity index (χ4n) is 1.19. The Hall–Kier alpha value is -1.62. The van der Waals surface area contributed by atoms with E-state index in [1.807, 2.05) is 0 Å². The molecule has 0 radical (unpaired) electrons. The number of carbonyl (C=O) groups is 1. The van der Waals surface area contributed by atoms with Gasteiger partial charge in [-0.1, -0.05) is 6.07 Å². The zero-order chi connectivity index (χ0) is 13.1. The van der Waals surface area contributed by atoms with Crippen LogP contribution in [-0.4, -0.2) is 25.2 Å². The van der Waals surface area contributed by atoms with Gasteiger partial charge in [0, 0.05) is 6.07 Å². The summed E-state index contributed by atoms with van der Waals surface area (Å²) in [6, 6.07) is 4.46. The lowest BCUT2D eigenvalue weighted by atomic mass is 10.1. The highest BCUT2D eigenvalue weighted by atomic mass is 19.1. The van der Waals surface area contributed by atoms with Crippen LogP contribution in [-0.2, 0) is 9.53 Å². The van der Waals surface area contributed by atoms with Gasteiger partial charge in [0.05, 0.1) is 7.11 Å². The smallest absolute Gasteiger partial charge is 0.329 e. The zero-order valence-electron chi connectivity index (χ0n) is 10.1. The first-order chi connectivity index (χ1) is 7.86. The molecule has 0 aromatic heterocycles. The van der Waals surface area contributed by atoms with Crippen LogP contribution in [0.3, 0.4) is 0 Å². The first-order valence-electron chi connectivity index (χ1n) is 5.13. The summed E-state index contributed by atoms with van der Waals surface area (Å²) in [6.45, 7) is 3.06. The molecule has 0 heterocycles. The van der Waals surface area contributed by atoms with Crippen molar-refractivity contribution in [2.45, 2.75) is 19.4 Å². The van der Waals surface area contributed by atoms with Crippen LogP contribution in [0.5, 0.6) is 5.75 Å². The second-order valence-electron chi connectivity index (χ2n) is 4.11. The second-order valence-corrected chi connectivity index (χ2v) is 4.11. The van der Waals surface area contributed by atoms with Gasteiger partial charge in [-0.15, -0.1) is 0 Å². The van der Waals surface area contributed by atoms with Gasteiger partial charge < -0.3 is 15.2 Å². The summed E-state index contributed by atoms with van der Waals surface area (Å²) < 4.78 is 23.0. The van der Waals surface area contributed by atoms with E-state index in [1.54, 1.807) is 19.1 Å². The van der Waals surface area contributed by atoms with Crippen molar-refractivity contribution < 1.29 is 18.7 Å². The van der Waals surface area contributed by atoms with Crippen molar-refractivity contribution >= 4 is 5.97 Å². The third-order valence-corrected chi connectivity index (χ3v) is 2.33. The van der Waals surface area contributed by atoms with E-state index in [-0.39, 0.29) is 12.4 Å². The lowest BCUT2D eigenvalue weighted by Crippen LogP contribution is -2.50. The number of nitrogens with two attached hydrogens (primary N) is 1. The zero-order valence-corrected chi connectivity index (χ0v) is 10.1. The molecule has 1 rings (SSSR count). The minimum absolute atomic E-state index is 0.0812. The Morgan fingerprint density at radius 1 is 1.53 bits per heavy atom. The molecule has 0 saturated heterocycles. The topological polar surface area (TPSA) is 61.5 Å². The van der Waals surface area contributed by atoms with E-state index < -0.39 is 11.5 Å². The number of esters is 1. The van der Waals surface area contributed by atoms with E-state index in [4.69, 9.17) is 10.5 Å². The Labute approximate surface area is 99.5 Å². The molecule has 17 heavy (non-hydrogen) atoms. The van der Waals surface area contributed by atoms with Crippen LogP contribution in [0.2, 0.25) is 0 Å². The lowest BCUT2D eigenvalue weighted by Gasteiger charge is -2.21. The Morgan fingerprint density at radius 3 is 2.71 bits per heavy atom. The Bertz CT molecular complexity index is 418. The van der Waals surface area contributed by atoms with Crippen molar-refractivity contribution in [3.63, 3.8) is 0 Å². The van der Waals surface area contributed by atoms with Crippen molar-refractivity contribution in [3.8, 4) is 5.75 Å². The van der Waals surface area contributed by atoms with Crippen molar-refractivity contribution in [3.05, 3.63) is 29.6 Å². The minimum Gasteiger partial charge on any atom is -0.491 e. The van der Waals surface area contributed by atoms with Crippen molar-refractivity contribution in [1.82, 2.24) is 0 Å². The molecule has 0 spiro atoms. The van der Waals surface area contributed by atoms with Crippen LogP contribution >= 0.6 is 0 Å². The summed E-state index contributed by atoms with van der Waals surface area (Å²) in [5, 5.41) is 0. The normalized spacial score (nSPS) is 13.9. The number of carbonyl (C=O) groups excluding carboxylic acids is 1. The molecule has 2 N–H and O–H groups in total. The van der Waals surface area contributed by atoms with Crippen LogP contribution in [0, 0.1) is 12.7 Å². The van der Waals surface area contributed by atoms with Crippen molar-refractivity contribution in [2.75, 3.05) is 13.7 Å². The third kappa shape index (κ3) is 3.42. The first-order valence-corrected chi connectivity index (χ1v) is 5.13. The summed E-state index contributed by atoms with van der Waals surface area (Å²) in [5.74, 6) is -0.613. The van der Waals surface area contributed by atoms with Crippen molar-refractivity contribution in [1.29, 1.82) is 0 Å². The number of methoxy groups -OCH3 is 1. The second kappa shape index (κ2) is 5.14. The molecule has 1 atom stereocenters. The molecular weight excluding hydrogens is 225 g/mol. The molecule has 4 nitrogen and oxygen atoms in total. The summed E-state index contributed by atoms with van der Waals surface area (Å²) in [5.41, 5.74) is 4.97. The fraction of sp³-hybridized carbons (Fsp3) is 0.417. The summed E-state index contributed by atoms with van der Waals surface area (Å²) in [6.07, 6.45) is 0. The average Bonchev–Trinajstić information content (AvgIpc) is 2.29. The predicted molar refractivity (Wildman–Crippen MR) is 61.2 cm³/mol. The van der Waals surface area contributed by atoms with Gasteiger partial charge in [0.1, 0.15) is 23.7 Å². The van der Waals surface area contributed by atoms with Crippen LogP contribution in [0.4, 0.5) is 4.39 Å². The lowest BCUT2D eigenvalue weighted by molar-refractivity contribution is -0.147. The van der Waals surface area contributed by atoms with E-state index in [0.717, 1.165) is 0 Å². The number of halogens is 1. The molecule has 1 aromatic rings. The predicted octanol–water partition coefficient (Wildman–Crippen LogP) is 1.40. The maximum atomic E-state index is 13.2. The Kier molecular flexibility index (Phi) is 4.07. The third-order valence-electron chi connectivity index (χ3n) is 2.33. The monoisotopic (exact) mass is 241 g/mol. The molecule has 5 heteroatoms. The van der Waals surface area contributed by atoms with Crippen LogP contribution in [0.15, 0.2) is 18.2 Å².